The Hall–Kier alpha value is -1.03. The Morgan fingerprint density at radius 3 is 2.67 bits per heavy atom. The molecule has 1 fully saturated rings. The van der Waals surface area contributed by atoms with Gasteiger partial charge in [0.25, 0.3) is 0 Å². The Balaban J connectivity index is 1.84. The molecular weight excluding hydrogens is 307 g/mol. The number of quaternary nitrogens is 1. The third kappa shape index (κ3) is 5.03. The maximum Gasteiger partial charge on any atom is 0.244 e. The number of likely N-dealkylation sites (tertiary alicyclic amines) is 1. The fourth-order valence-electron chi connectivity index (χ4n) is 2.56. The first-order valence-corrected chi connectivity index (χ1v) is 8.11. The van der Waals surface area contributed by atoms with Crippen LogP contribution in [-0.2, 0) is 4.79 Å². The summed E-state index contributed by atoms with van der Waals surface area (Å²) in [5.74, 6) is -0.0500. The molecule has 0 radical (unpaired) electrons. The topological polar surface area (TPSA) is 33.5 Å². The van der Waals surface area contributed by atoms with Crippen LogP contribution in [-0.4, -0.2) is 31.6 Å². The lowest BCUT2D eigenvalue weighted by Gasteiger charge is -2.28. The SMILES string of the molecule is CC[NH+]1CCC(NC(=O)/C=C/c2ccc(Cl)c(Cl)c2)CC1. The molecule has 0 aromatic heterocycles. The van der Waals surface area contributed by atoms with Gasteiger partial charge in [-0.25, -0.2) is 0 Å². The van der Waals surface area contributed by atoms with E-state index in [0.717, 1.165) is 38.0 Å². The van der Waals surface area contributed by atoms with E-state index in [0.29, 0.717) is 16.1 Å². The maximum atomic E-state index is 11.9. The van der Waals surface area contributed by atoms with Crippen LogP contribution in [0.25, 0.3) is 6.08 Å². The second-order valence-electron chi connectivity index (χ2n) is 5.39. The zero-order valence-corrected chi connectivity index (χ0v) is 13.7. The third-order valence-corrected chi connectivity index (χ3v) is 4.65. The molecule has 1 aromatic carbocycles. The highest BCUT2D eigenvalue weighted by atomic mass is 35.5. The Bertz CT molecular complexity index is 523. The molecule has 1 amide bonds. The average Bonchev–Trinajstić information content (AvgIpc) is 2.49. The molecule has 1 aromatic rings. The van der Waals surface area contributed by atoms with Crippen LogP contribution in [0, 0.1) is 0 Å². The van der Waals surface area contributed by atoms with Gasteiger partial charge >= 0.3 is 0 Å². The number of hydrogen-bond donors (Lipinski definition) is 2. The van der Waals surface area contributed by atoms with E-state index in [1.807, 2.05) is 6.07 Å². The van der Waals surface area contributed by atoms with Crippen molar-refractivity contribution >= 4 is 35.2 Å². The van der Waals surface area contributed by atoms with Crippen LogP contribution >= 0.6 is 23.2 Å². The van der Waals surface area contributed by atoms with Gasteiger partial charge in [0.05, 0.1) is 29.7 Å². The Labute approximate surface area is 135 Å². The lowest BCUT2D eigenvalue weighted by molar-refractivity contribution is -0.903. The first-order valence-electron chi connectivity index (χ1n) is 7.35. The molecule has 0 unspecified atom stereocenters. The minimum Gasteiger partial charge on any atom is -0.349 e. The van der Waals surface area contributed by atoms with Crippen LogP contribution in [0.5, 0.6) is 0 Å². The monoisotopic (exact) mass is 327 g/mol. The van der Waals surface area contributed by atoms with Crippen LogP contribution in [0.4, 0.5) is 0 Å². The Kier molecular flexibility index (Phi) is 6.09. The van der Waals surface area contributed by atoms with Crippen molar-refractivity contribution in [1.29, 1.82) is 0 Å². The zero-order chi connectivity index (χ0) is 15.2. The van der Waals surface area contributed by atoms with Crippen LogP contribution in [0.1, 0.15) is 25.3 Å². The molecular formula is C16H21Cl2N2O+. The van der Waals surface area contributed by atoms with Crippen molar-refractivity contribution in [3.8, 4) is 0 Å². The quantitative estimate of drug-likeness (QED) is 0.816. The molecule has 0 saturated carbocycles. The Morgan fingerprint density at radius 1 is 1.33 bits per heavy atom. The van der Waals surface area contributed by atoms with Crippen molar-refractivity contribution in [1.82, 2.24) is 5.32 Å². The predicted molar refractivity (Wildman–Crippen MR) is 87.9 cm³/mol. The number of amides is 1. The van der Waals surface area contributed by atoms with Crippen molar-refractivity contribution in [2.75, 3.05) is 19.6 Å². The van der Waals surface area contributed by atoms with Crippen LogP contribution < -0.4 is 10.2 Å². The van der Waals surface area contributed by atoms with Crippen LogP contribution in [0.2, 0.25) is 10.0 Å². The molecule has 2 rings (SSSR count). The number of benzene rings is 1. The minimum atomic E-state index is -0.0500. The Morgan fingerprint density at radius 2 is 2.05 bits per heavy atom. The molecule has 0 bridgehead atoms. The molecule has 0 atom stereocenters. The largest absolute Gasteiger partial charge is 0.349 e. The fraction of sp³-hybridized carbons (Fsp3) is 0.438. The number of hydrogen-bond acceptors (Lipinski definition) is 1. The number of rotatable bonds is 4. The van der Waals surface area contributed by atoms with Crippen LogP contribution in [0.3, 0.4) is 0 Å². The van der Waals surface area contributed by atoms with E-state index in [4.69, 9.17) is 23.2 Å². The summed E-state index contributed by atoms with van der Waals surface area (Å²) in [4.78, 5) is 13.5. The number of piperidine rings is 1. The lowest BCUT2D eigenvalue weighted by atomic mass is 10.1. The number of carbonyl (C=O) groups is 1. The summed E-state index contributed by atoms with van der Waals surface area (Å²) in [5, 5.41) is 4.07. The van der Waals surface area contributed by atoms with E-state index in [1.54, 1.807) is 29.2 Å². The van der Waals surface area contributed by atoms with Gasteiger partial charge in [-0.15, -0.1) is 0 Å². The fourth-order valence-corrected chi connectivity index (χ4v) is 2.87. The highest BCUT2D eigenvalue weighted by Crippen LogP contribution is 2.23. The first-order chi connectivity index (χ1) is 10.1. The van der Waals surface area contributed by atoms with E-state index >= 15 is 0 Å². The maximum absolute atomic E-state index is 11.9. The first kappa shape index (κ1) is 16.3. The summed E-state index contributed by atoms with van der Waals surface area (Å²) >= 11 is 11.8. The summed E-state index contributed by atoms with van der Waals surface area (Å²) < 4.78 is 0. The number of nitrogens with one attached hydrogen (secondary N) is 2. The van der Waals surface area contributed by atoms with Crippen LogP contribution in [0.15, 0.2) is 24.3 Å². The third-order valence-electron chi connectivity index (χ3n) is 3.91. The summed E-state index contributed by atoms with van der Waals surface area (Å²) in [6, 6.07) is 5.61. The van der Waals surface area contributed by atoms with E-state index in [-0.39, 0.29) is 5.91 Å². The van der Waals surface area contributed by atoms with Gasteiger partial charge in [-0.1, -0.05) is 29.3 Å². The van der Waals surface area contributed by atoms with Gasteiger partial charge in [0, 0.05) is 25.0 Å². The molecule has 0 spiro atoms. The molecule has 2 N–H and O–H groups in total. The second-order valence-corrected chi connectivity index (χ2v) is 6.21. The van der Waals surface area contributed by atoms with Gasteiger partial charge in [-0.05, 0) is 30.7 Å². The molecule has 3 nitrogen and oxygen atoms in total. The molecule has 5 heteroatoms. The van der Waals surface area contributed by atoms with E-state index in [1.165, 1.54) is 0 Å². The van der Waals surface area contributed by atoms with Crippen molar-refractivity contribution in [2.45, 2.75) is 25.8 Å². The molecule has 0 aliphatic carbocycles. The number of halogens is 2. The average molecular weight is 328 g/mol. The summed E-state index contributed by atoms with van der Waals surface area (Å²) in [5.41, 5.74) is 0.866. The van der Waals surface area contributed by atoms with Crippen molar-refractivity contribution in [2.24, 2.45) is 0 Å². The van der Waals surface area contributed by atoms with Gasteiger partial charge in [0.15, 0.2) is 0 Å². The molecule has 21 heavy (non-hydrogen) atoms. The second kappa shape index (κ2) is 7.83. The molecule has 1 heterocycles. The highest BCUT2D eigenvalue weighted by molar-refractivity contribution is 6.42. The van der Waals surface area contributed by atoms with Gasteiger partial charge in [-0.3, -0.25) is 4.79 Å². The smallest absolute Gasteiger partial charge is 0.244 e. The summed E-state index contributed by atoms with van der Waals surface area (Å²) in [7, 11) is 0. The molecule has 1 aliphatic rings. The predicted octanol–water partition coefficient (Wildman–Crippen LogP) is 2.19. The summed E-state index contributed by atoms with van der Waals surface area (Å²) in [6.07, 6.45) is 5.41. The normalized spacial score (nSPS) is 22.4. The molecule has 1 saturated heterocycles. The van der Waals surface area contributed by atoms with Crippen molar-refractivity contribution < 1.29 is 9.69 Å². The van der Waals surface area contributed by atoms with Gasteiger partial charge in [0.2, 0.25) is 5.91 Å². The molecule has 114 valence electrons. The zero-order valence-electron chi connectivity index (χ0n) is 12.2. The highest BCUT2D eigenvalue weighted by Gasteiger charge is 2.21. The van der Waals surface area contributed by atoms with E-state index < -0.39 is 0 Å². The van der Waals surface area contributed by atoms with Gasteiger partial charge in [-0.2, -0.15) is 0 Å². The van der Waals surface area contributed by atoms with E-state index in [9.17, 15) is 4.79 Å². The number of carbonyl (C=O) groups excluding carboxylic acids is 1. The van der Waals surface area contributed by atoms with Gasteiger partial charge < -0.3 is 10.2 Å². The standard InChI is InChI=1S/C16H20Cl2N2O/c1-2-20-9-7-13(8-10-20)19-16(21)6-4-12-3-5-14(17)15(18)11-12/h3-6,11,13H,2,7-10H2,1H3,(H,19,21)/p+1/b6-4+. The molecule has 1 aliphatic heterocycles. The summed E-state index contributed by atoms with van der Waals surface area (Å²) in [6.45, 7) is 5.64. The van der Waals surface area contributed by atoms with Crippen molar-refractivity contribution in [3.05, 3.63) is 39.9 Å². The van der Waals surface area contributed by atoms with Crippen molar-refractivity contribution in [3.63, 3.8) is 0 Å². The lowest BCUT2D eigenvalue weighted by Crippen LogP contribution is -3.13. The van der Waals surface area contributed by atoms with E-state index in [2.05, 4.69) is 12.2 Å². The van der Waals surface area contributed by atoms with Gasteiger partial charge in [0.1, 0.15) is 0 Å². The minimum absolute atomic E-state index is 0.0500.